The number of nitrogens with two attached hydrogens (primary N) is 1. The lowest BCUT2D eigenvalue weighted by Crippen LogP contribution is -2.42. The Labute approximate surface area is 155 Å². The second-order valence-corrected chi connectivity index (χ2v) is 6.80. The van der Waals surface area contributed by atoms with Crippen LogP contribution in [0.4, 0.5) is 5.95 Å². The second-order valence-electron chi connectivity index (χ2n) is 6.37. The Morgan fingerprint density at radius 2 is 2.15 bits per heavy atom. The number of rotatable bonds is 3. The van der Waals surface area contributed by atoms with Gasteiger partial charge in [-0.15, -0.1) is 0 Å². The minimum atomic E-state index is -0.205. The number of hydrogen-bond donors (Lipinski definition) is 1. The number of aromatic nitrogens is 3. The average molecular weight is 372 g/mol. The van der Waals surface area contributed by atoms with Crippen LogP contribution in [0.3, 0.4) is 0 Å². The average Bonchev–Trinajstić information content (AvgIpc) is 3.45. The summed E-state index contributed by atoms with van der Waals surface area (Å²) in [6, 6.07) is 5.33. The quantitative estimate of drug-likeness (QED) is 0.832. The fourth-order valence-electron chi connectivity index (χ4n) is 3.00. The van der Waals surface area contributed by atoms with E-state index < -0.39 is 0 Å². The fourth-order valence-corrected chi connectivity index (χ4v) is 3.24. The molecule has 0 spiro atoms. The molecule has 1 saturated heterocycles. The Morgan fingerprint density at radius 3 is 2.92 bits per heavy atom. The van der Waals surface area contributed by atoms with Crippen molar-refractivity contribution in [3.05, 3.63) is 46.8 Å². The van der Waals surface area contributed by atoms with Gasteiger partial charge < -0.3 is 15.4 Å². The van der Waals surface area contributed by atoms with E-state index in [-0.39, 0.29) is 17.9 Å². The van der Waals surface area contributed by atoms with Crippen molar-refractivity contribution in [1.29, 1.82) is 0 Å². The molecule has 2 fully saturated rings. The number of ether oxygens (including phenoxy) is 1. The molecule has 2 N–H and O–H groups in total. The van der Waals surface area contributed by atoms with Crippen LogP contribution in [0.5, 0.6) is 0 Å². The van der Waals surface area contributed by atoms with Gasteiger partial charge in [-0.25, -0.2) is 9.97 Å². The standard InChI is InChI=1S/C18H18ClN5O2/c19-14-7-12(6-13(8-14)17-21-10-22-18(20)23-17)15-9-26-4-3-24(15)16(25)5-11-1-2-11/h5-8,10,15H,1-4,9H2,(H2,20,21,22,23)/t15-/m0/s1. The van der Waals surface area contributed by atoms with E-state index in [4.69, 9.17) is 22.1 Å². The Morgan fingerprint density at radius 1 is 1.31 bits per heavy atom. The van der Waals surface area contributed by atoms with E-state index in [0.717, 1.165) is 24.0 Å². The number of carbonyl (C=O) groups excluding carboxylic acids is 1. The lowest BCUT2D eigenvalue weighted by atomic mass is 10.0. The first-order valence-corrected chi connectivity index (χ1v) is 8.81. The Balaban J connectivity index is 1.69. The molecule has 4 rings (SSSR count). The molecule has 2 heterocycles. The van der Waals surface area contributed by atoms with Crippen LogP contribution in [0.1, 0.15) is 24.4 Å². The van der Waals surface area contributed by atoms with E-state index in [2.05, 4.69) is 15.0 Å². The van der Waals surface area contributed by atoms with Crippen molar-refractivity contribution >= 4 is 23.5 Å². The van der Waals surface area contributed by atoms with Crippen molar-refractivity contribution in [3.8, 4) is 11.4 Å². The van der Waals surface area contributed by atoms with Gasteiger partial charge in [0.15, 0.2) is 5.82 Å². The van der Waals surface area contributed by atoms with Gasteiger partial charge in [0.25, 0.3) is 0 Å². The Kier molecular flexibility index (Phi) is 4.57. The lowest BCUT2D eigenvalue weighted by molar-refractivity contribution is -0.134. The molecule has 0 unspecified atom stereocenters. The van der Waals surface area contributed by atoms with Crippen molar-refractivity contribution in [2.75, 3.05) is 25.5 Å². The van der Waals surface area contributed by atoms with Gasteiger partial charge in [-0.3, -0.25) is 4.79 Å². The highest BCUT2D eigenvalue weighted by Crippen LogP contribution is 2.32. The zero-order valence-electron chi connectivity index (χ0n) is 14.1. The van der Waals surface area contributed by atoms with Gasteiger partial charge in [0.1, 0.15) is 6.33 Å². The molecule has 1 amide bonds. The number of carbonyl (C=O) groups is 1. The van der Waals surface area contributed by atoms with E-state index in [0.29, 0.717) is 30.6 Å². The number of morpholine rings is 1. The smallest absolute Gasteiger partial charge is 0.247 e. The largest absolute Gasteiger partial charge is 0.377 e. The van der Waals surface area contributed by atoms with Crippen molar-refractivity contribution in [1.82, 2.24) is 19.9 Å². The number of benzene rings is 1. The molecular formula is C18H18ClN5O2. The van der Waals surface area contributed by atoms with Crippen LogP contribution in [-0.2, 0) is 9.53 Å². The minimum Gasteiger partial charge on any atom is -0.377 e. The molecule has 1 aliphatic heterocycles. The second kappa shape index (κ2) is 7.01. The van der Waals surface area contributed by atoms with Gasteiger partial charge in [-0.05, 0) is 36.6 Å². The molecule has 0 radical (unpaired) electrons. The van der Waals surface area contributed by atoms with Gasteiger partial charge in [0.2, 0.25) is 11.9 Å². The molecule has 1 saturated carbocycles. The molecule has 7 nitrogen and oxygen atoms in total. The third-order valence-corrected chi connectivity index (χ3v) is 4.65. The highest BCUT2D eigenvalue weighted by Gasteiger charge is 2.29. The molecule has 2 aliphatic rings. The number of hydrogen-bond acceptors (Lipinski definition) is 6. The van der Waals surface area contributed by atoms with Crippen LogP contribution in [0, 0.1) is 0 Å². The molecule has 134 valence electrons. The van der Waals surface area contributed by atoms with E-state index in [1.54, 1.807) is 12.1 Å². The van der Waals surface area contributed by atoms with Crippen LogP contribution in [0.2, 0.25) is 5.02 Å². The SMILES string of the molecule is Nc1ncnc(-c2cc(Cl)cc([C@@H]3COCCN3C(=O)C=C3CC3)c2)n1. The van der Waals surface area contributed by atoms with Gasteiger partial charge in [-0.2, -0.15) is 4.98 Å². The molecule has 1 aromatic carbocycles. The number of halogens is 1. The van der Waals surface area contributed by atoms with Gasteiger partial charge >= 0.3 is 0 Å². The van der Waals surface area contributed by atoms with Crippen molar-refractivity contribution in [2.45, 2.75) is 18.9 Å². The van der Waals surface area contributed by atoms with Crippen LogP contribution in [0.15, 0.2) is 36.2 Å². The van der Waals surface area contributed by atoms with E-state index in [1.807, 2.05) is 17.0 Å². The summed E-state index contributed by atoms with van der Waals surface area (Å²) in [6.07, 6.45) is 5.14. The summed E-state index contributed by atoms with van der Waals surface area (Å²) in [5, 5.41) is 0.537. The van der Waals surface area contributed by atoms with Crippen LogP contribution in [0.25, 0.3) is 11.4 Å². The number of anilines is 1. The molecule has 2 aromatic rings. The summed E-state index contributed by atoms with van der Waals surface area (Å²) in [5.41, 5.74) is 8.46. The molecular weight excluding hydrogens is 354 g/mol. The maximum absolute atomic E-state index is 12.6. The summed E-state index contributed by atoms with van der Waals surface area (Å²) < 4.78 is 5.62. The molecule has 1 atom stereocenters. The van der Waals surface area contributed by atoms with Gasteiger partial charge in [-0.1, -0.05) is 17.2 Å². The van der Waals surface area contributed by atoms with Gasteiger partial charge in [0.05, 0.1) is 19.3 Å². The Bertz CT molecular complexity index is 880. The summed E-state index contributed by atoms with van der Waals surface area (Å²) in [7, 11) is 0. The van der Waals surface area contributed by atoms with E-state index >= 15 is 0 Å². The van der Waals surface area contributed by atoms with Crippen molar-refractivity contribution in [2.24, 2.45) is 0 Å². The summed E-state index contributed by atoms with van der Waals surface area (Å²) in [4.78, 5) is 26.6. The topological polar surface area (TPSA) is 94.2 Å². The number of nitrogen functional groups attached to an aromatic ring is 1. The van der Waals surface area contributed by atoms with Crippen LogP contribution in [-0.4, -0.2) is 45.5 Å². The first-order chi connectivity index (χ1) is 12.6. The normalized spacial score (nSPS) is 19.3. The molecule has 0 bridgehead atoms. The maximum Gasteiger partial charge on any atom is 0.247 e. The first kappa shape index (κ1) is 16.9. The van der Waals surface area contributed by atoms with Gasteiger partial charge in [0, 0.05) is 23.2 Å². The minimum absolute atomic E-state index is 0.0248. The zero-order valence-corrected chi connectivity index (χ0v) is 14.8. The number of amides is 1. The van der Waals surface area contributed by atoms with E-state index in [1.165, 1.54) is 11.9 Å². The molecule has 8 heteroatoms. The lowest BCUT2D eigenvalue weighted by Gasteiger charge is -2.35. The van der Waals surface area contributed by atoms with Crippen molar-refractivity contribution in [3.63, 3.8) is 0 Å². The predicted octanol–water partition coefficient (Wildman–Crippen LogP) is 2.39. The van der Waals surface area contributed by atoms with Crippen LogP contribution >= 0.6 is 11.6 Å². The first-order valence-electron chi connectivity index (χ1n) is 8.43. The zero-order chi connectivity index (χ0) is 18.1. The monoisotopic (exact) mass is 371 g/mol. The van der Waals surface area contributed by atoms with Crippen LogP contribution < -0.4 is 5.73 Å². The Hall–Kier alpha value is -2.51. The van der Waals surface area contributed by atoms with E-state index in [9.17, 15) is 4.79 Å². The van der Waals surface area contributed by atoms with Crippen molar-refractivity contribution < 1.29 is 9.53 Å². The fraction of sp³-hybridized carbons (Fsp3) is 0.333. The number of nitrogens with zero attached hydrogens (tertiary/aromatic N) is 4. The third kappa shape index (κ3) is 3.68. The predicted molar refractivity (Wildman–Crippen MR) is 97.3 cm³/mol. The summed E-state index contributed by atoms with van der Waals surface area (Å²) in [5.74, 6) is 0.609. The highest BCUT2D eigenvalue weighted by atomic mass is 35.5. The maximum atomic E-state index is 12.6. The third-order valence-electron chi connectivity index (χ3n) is 4.43. The summed E-state index contributed by atoms with van der Waals surface area (Å²) in [6.45, 7) is 1.50. The molecule has 26 heavy (non-hydrogen) atoms. The summed E-state index contributed by atoms with van der Waals surface area (Å²) >= 11 is 6.32. The molecule has 1 aliphatic carbocycles. The molecule has 1 aromatic heterocycles. The highest BCUT2D eigenvalue weighted by molar-refractivity contribution is 6.31. The number of allylic oxidation sites excluding steroid dienone is 1.